The second kappa shape index (κ2) is 2.98. The highest BCUT2D eigenvalue weighted by molar-refractivity contribution is 9.10. The summed E-state index contributed by atoms with van der Waals surface area (Å²) in [5, 5.41) is 1.72. The van der Waals surface area contributed by atoms with Gasteiger partial charge in [-0.1, -0.05) is 34.1 Å². The molecular weight excluding hydrogens is 271 g/mol. The number of hydrogen-bond acceptors (Lipinski definition) is 2. The molecule has 0 radical (unpaired) electrons. The molecule has 16 heavy (non-hydrogen) atoms. The molecule has 0 atom stereocenters. The van der Waals surface area contributed by atoms with Crippen LogP contribution in [0, 0.1) is 5.82 Å². The molecule has 0 aromatic heterocycles. The first kappa shape index (κ1) is 9.66. The normalized spacial score (nSPS) is 13.9. The van der Waals surface area contributed by atoms with Crippen molar-refractivity contribution in [3.05, 3.63) is 45.7 Å². The van der Waals surface area contributed by atoms with E-state index in [0.29, 0.717) is 21.4 Å². The van der Waals surface area contributed by atoms with Crippen molar-refractivity contribution in [2.24, 2.45) is 11.5 Å². The van der Waals surface area contributed by atoms with Gasteiger partial charge in [-0.25, -0.2) is 4.39 Å². The van der Waals surface area contributed by atoms with E-state index < -0.39 is 0 Å². The van der Waals surface area contributed by atoms with Gasteiger partial charge in [0.15, 0.2) is 0 Å². The van der Waals surface area contributed by atoms with Crippen LogP contribution in [0.15, 0.2) is 28.7 Å². The summed E-state index contributed by atoms with van der Waals surface area (Å²) in [4.78, 5) is 0. The lowest BCUT2D eigenvalue weighted by Gasteiger charge is -2.06. The van der Waals surface area contributed by atoms with Crippen LogP contribution in [0.2, 0.25) is 0 Å². The predicted molar refractivity (Wildman–Crippen MR) is 66.8 cm³/mol. The zero-order chi connectivity index (χ0) is 11.4. The molecule has 0 saturated carbocycles. The quantitative estimate of drug-likeness (QED) is 0.779. The summed E-state index contributed by atoms with van der Waals surface area (Å²) in [6.45, 7) is 0. The topological polar surface area (TPSA) is 52.0 Å². The van der Waals surface area contributed by atoms with Crippen molar-refractivity contribution in [1.29, 1.82) is 0 Å². The second-order valence-corrected chi connectivity index (χ2v) is 4.63. The van der Waals surface area contributed by atoms with Crippen LogP contribution in [-0.2, 0) is 0 Å². The smallest absolute Gasteiger partial charge is 0.134 e. The molecule has 2 aromatic rings. The van der Waals surface area contributed by atoms with Crippen LogP contribution in [0.4, 0.5) is 4.39 Å². The molecular formula is C12H8BrFN2. The second-order valence-electron chi connectivity index (χ2n) is 3.77. The Morgan fingerprint density at radius 1 is 1.12 bits per heavy atom. The first-order valence-corrected chi connectivity index (χ1v) is 5.57. The molecule has 0 spiro atoms. The van der Waals surface area contributed by atoms with E-state index in [2.05, 4.69) is 15.9 Å². The number of rotatable bonds is 0. The largest absolute Gasteiger partial charge is 0.397 e. The Bertz CT molecular complexity index is 662. The molecule has 0 fully saturated rings. The Labute approximate surface area is 99.9 Å². The zero-order valence-corrected chi connectivity index (χ0v) is 9.81. The summed E-state index contributed by atoms with van der Waals surface area (Å²) < 4.78 is 14.6. The molecule has 0 heterocycles. The van der Waals surface area contributed by atoms with E-state index >= 15 is 0 Å². The van der Waals surface area contributed by atoms with Gasteiger partial charge in [0.05, 0.1) is 11.4 Å². The molecule has 2 aromatic carbocycles. The summed E-state index contributed by atoms with van der Waals surface area (Å²) in [7, 11) is 0. The highest BCUT2D eigenvalue weighted by Crippen LogP contribution is 2.41. The van der Waals surface area contributed by atoms with Crippen molar-refractivity contribution < 1.29 is 4.39 Å². The van der Waals surface area contributed by atoms with Crippen LogP contribution >= 0.6 is 15.9 Å². The van der Waals surface area contributed by atoms with Crippen LogP contribution in [-0.4, -0.2) is 0 Å². The molecule has 4 heteroatoms. The molecule has 0 bridgehead atoms. The van der Waals surface area contributed by atoms with Crippen LogP contribution in [0.25, 0.3) is 22.2 Å². The Hall–Kier alpha value is -1.55. The van der Waals surface area contributed by atoms with E-state index in [4.69, 9.17) is 11.5 Å². The fourth-order valence-corrected chi connectivity index (χ4v) is 2.70. The van der Waals surface area contributed by atoms with E-state index in [0.717, 1.165) is 16.3 Å². The minimum atomic E-state index is -0.343. The lowest BCUT2D eigenvalue weighted by molar-refractivity contribution is 0.625. The standard InChI is InChI=1S/C12H8BrFN2/c13-7-4-8(14)10-9-5(7)2-1-3-6(9)11(15)12(10)16/h1-4H,15-16H2. The third-order valence-electron chi connectivity index (χ3n) is 2.91. The maximum atomic E-state index is 13.8. The average Bonchev–Trinajstić information content (AvgIpc) is 2.51. The molecule has 1 aliphatic carbocycles. The number of nitrogens with two attached hydrogens (primary N) is 2. The first-order chi connectivity index (χ1) is 7.61. The van der Waals surface area contributed by atoms with Crippen molar-refractivity contribution in [1.82, 2.24) is 0 Å². The Morgan fingerprint density at radius 3 is 2.62 bits per heavy atom. The van der Waals surface area contributed by atoms with Gasteiger partial charge in [-0.05, 0) is 11.5 Å². The van der Waals surface area contributed by atoms with E-state index in [-0.39, 0.29) is 5.82 Å². The molecule has 0 unspecified atom stereocenters. The number of hydrogen-bond donors (Lipinski definition) is 2. The molecule has 0 saturated heterocycles. The fraction of sp³-hybridized carbons (Fsp3) is 0. The lowest BCUT2D eigenvalue weighted by atomic mass is 10.0. The van der Waals surface area contributed by atoms with Crippen molar-refractivity contribution in [3.8, 4) is 0 Å². The highest BCUT2D eigenvalue weighted by Gasteiger charge is 2.24. The van der Waals surface area contributed by atoms with E-state index in [1.165, 1.54) is 6.07 Å². The summed E-state index contributed by atoms with van der Waals surface area (Å²) in [6, 6.07) is 7.08. The van der Waals surface area contributed by atoms with E-state index in [9.17, 15) is 4.39 Å². The molecule has 0 aliphatic heterocycles. The van der Waals surface area contributed by atoms with Crippen molar-refractivity contribution in [2.45, 2.75) is 0 Å². The predicted octanol–water partition coefficient (Wildman–Crippen LogP) is 2.80. The van der Waals surface area contributed by atoms with Gasteiger partial charge in [0, 0.05) is 21.0 Å². The maximum absolute atomic E-state index is 13.8. The molecule has 3 rings (SSSR count). The summed E-state index contributed by atoms with van der Waals surface area (Å²) in [5.74, 6) is -0.343. The van der Waals surface area contributed by atoms with Crippen molar-refractivity contribution in [2.75, 3.05) is 0 Å². The van der Waals surface area contributed by atoms with Gasteiger partial charge < -0.3 is 11.5 Å². The fourth-order valence-electron chi connectivity index (χ4n) is 2.17. The number of benzene rings is 2. The lowest BCUT2D eigenvalue weighted by Crippen LogP contribution is -2.03. The maximum Gasteiger partial charge on any atom is 0.134 e. The Morgan fingerprint density at radius 2 is 1.88 bits per heavy atom. The van der Waals surface area contributed by atoms with Gasteiger partial charge >= 0.3 is 0 Å². The van der Waals surface area contributed by atoms with Gasteiger partial charge in [-0.2, -0.15) is 0 Å². The van der Waals surface area contributed by atoms with E-state index in [1.807, 2.05) is 18.2 Å². The summed E-state index contributed by atoms with van der Waals surface area (Å²) in [5.41, 5.74) is 13.7. The molecule has 2 nitrogen and oxygen atoms in total. The Balaban J connectivity index is 2.62. The number of halogens is 2. The van der Waals surface area contributed by atoms with Gasteiger partial charge in [-0.3, -0.25) is 0 Å². The molecule has 0 amide bonds. The summed E-state index contributed by atoms with van der Waals surface area (Å²) in [6.07, 6.45) is 0. The zero-order valence-electron chi connectivity index (χ0n) is 8.22. The molecule has 4 N–H and O–H groups in total. The van der Waals surface area contributed by atoms with Gasteiger partial charge in [0.1, 0.15) is 5.82 Å². The van der Waals surface area contributed by atoms with Crippen molar-refractivity contribution >= 4 is 38.1 Å². The first-order valence-electron chi connectivity index (χ1n) is 4.78. The SMILES string of the molecule is NC1=C(N)c2c(F)cc(Br)c3cccc1c23. The minimum absolute atomic E-state index is 0.330. The third kappa shape index (κ3) is 0.998. The van der Waals surface area contributed by atoms with Gasteiger partial charge in [0.2, 0.25) is 0 Å². The van der Waals surface area contributed by atoms with Crippen LogP contribution in [0.3, 0.4) is 0 Å². The third-order valence-corrected chi connectivity index (χ3v) is 3.57. The van der Waals surface area contributed by atoms with Crippen LogP contribution in [0.5, 0.6) is 0 Å². The monoisotopic (exact) mass is 278 g/mol. The molecule has 80 valence electrons. The van der Waals surface area contributed by atoms with E-state index in [1.54, 1.807) is 0 Å². The minimum Gasteiger partial charge on any atom is -0.397 e. The average molecular weight is 279 g/mol. The molecule has 1 aliphatic rings. The highest BCUT2D eigenvalue weighted by atomic mass is 79.9. The van der Waals surface area contributed by atoms with Crippen LogP contribution in [0.1, 0.15) is 11.1 Å². The van der Waals surface area contributed by atoms with Gasteiger partial charge in [-0.15, -0.1) is 0 Å². The van der Waals surface area contributed by atoms with Crippen LogP contribution < -0.4 is 11.5 Å². The van der Waals surface area contributed by atoms with Crippen molar-refractivity contribution in [3.63, 3.8) is 0 Å². The Kier molecular flexibility index (Phi) is 1.80. The summed E-state index contributed by atoms with van der Waals surface area (Å²) >= 11 is 3.34. The van der Waals surface area contributed by atoms with Gasteiger partial charge in [0.25, 0.3) is 0 Å².